The van der Waals surface area contributed by atoms with Crippen molar-refractivity contribution in [1.29, 1.82) is 0 Å². The van der Waals surface area contributed by atoms with Gasteiger partial charge in [-0.25, -0.2) is 9.97 Å². The van der Waals surface area contributed by atoms with Crippen molar-refractivity contribution in [1.82, 2.24) is 34.9 Å². The molecule has 1 saturated heterocycles. The molecule has 0 amide bonds. The Hall–Kier alpha value is -3.43. The number of fused-ring (bicyclic) bond motifs is 1. The maximum absolute atomic E-state index is 6.11. The number of nitrogens with zero attached hydrogens (tertiary/aromatic N) is 7. The van der Waals surface area contributed by atoms with Crippen LogP contribution in [0, 0.1) is 0 Å². The number of hydrogen-bond acceptors (Lipinski definition) is 9. The van der Waals surface area contributed by atoms with E-state index < -0.39 is 0 Å². The van der Waals surface area contributed by atoms with Gasteiger partial charge in [0.15, 0.2) is 0 Å². The molecule has 1 aliphatic rings. The third-order valence-electron chi connectivity index (χ3n) is 5.26. The number of rotatable bonds is 5. The average molecular weight is 402 g/mol. The van der Waals surface area contributed by atoms with Crippen molar-refractivity contribution in [3.8, 4) is 11.4 Å². The molecule has 9 heteroatoms. The minimum Gasteiger partial charge on any atom is -0.383 e. The second-order valence-corrected chi connectivity index (χ2v) is 7.35. The quantitative estimate of drug-likeness (QED) is 0.536. The van der Waals surface area contributed by atoms with Crippen LogP contribution in [0.4, 0.5) is 5.82 Å². The molecule has 5 rings (SSSR count). The van der Waals surface area contributed by atoms with Crippen molar-refractivity contribution >= 4 is 16.7 Å². The number of benzene rings is 1. The fraction of sp³-hybridized carbons (Fsp3) is 0.286. The van der Waals surface area contributed by atoms with E-state index >= 15 is 0 Å². The molecule has 4 heterocycles. The molecule has 1 fully saturated rings. The lowest BCUT2D eigenvalue weighted by molar-refractivity contribution is 0.110. The lowest BCUT2D eigenvalue weighted by Gasteiger charge is -2.33. The monoisotopic (exact) mass is 402 g/mol. The van der Waals surface area contributed by atoms with Crippen LogP contribution in [0.3, 0.4) is 0 Å². The van der Waals surface area contributed by atoms with E-state index in [1.165, 1.54) is 0 Å². The zero-order valence-electron chi connectivity index (χ0n) is 16.5. The van der Waals surface area contributed by atoms with E-state index in [0.29, 0.717) is 30.6 Å². The summed E-state index contributed by atoms with van der Waals surface area (Å²) in [5.41, 5.74) is 7.85. The van der Waals surface area contributed by atoms with Gasteiger partial charge in [-0.15, -0.1) is 0 Å². The van der Waals surface area contributed by atoms with E-state index in [9.17, 15) is 0 Å². The summed E-state index contributed by atoms with van der Waals surface area (Å²) in [6.45, 7) is 4.98. The normalized spacial score (nSPS) is 15.6. The van der Waals surface area contributed by atoms with Gasteiger partial charge in [0, 0.05) is 49.5 Å². The predicted octanol–water partition coefficient (Wildman–Crippen LogP) is 1.97. The molecule has 0 aliphatic carbocycles. The Labute approximate surface area is 173 Å². The van der Waals surface area contributed by atoms with Crippen molar-refractivity contribution in [2.24, 2.45) is 0 Å². The molecule has 0 radical (unpaired) electrons. The zero-order chi connectivity index (χ0) is 20.3. The molecular weight excluding hydrogens is 380 g/mol. The van der Waals surface area contributed by atoms with E-state index in [2.05, 4.69) is 34.9 Å². The Morgan fingerprint density at radius 2 is 1.70 bits per heavy atom. The molecule has 0 spiro atoms. The maximum atomic E-state index is 6.11. The first-order chi connectivity index (χ1) is 14.7. The maximum Gasteiger partial charge on any atom is 0.241 e. The van der Waals surface area contributed by atoms with Crippen LogP contribution in [-0.4, -0.2) is 61.1 Å². The van der Waals surface area contributed by atoms with Crippen LogP contribution >= 0.6 is 0 Å². The van der Waals surface area contributed by atoms with Crippen molar-refractivity contribution in [3.05, 3.63) is 60.5 Å². The highest BCUT2D eigenvalue weighted by Gasteiger charge is 2.20. The van der Waals surface area contributed by atoms with Gasteiger partial charge < -0.3 is 10.3 Å². The molecule has 0 unspecified atom stereocenters. The van der Waals surface area contributed by atoms with Crippen molar-refractivity contribution in [3.63, 3.8) is 0 Å². The summed E-state index contributed by atoms with van der Waals surface area (Å²) in [7, 11) is 0. The zero-order valence-corrected chi connectivity index (χ0v) is 16.5. The summed E-state index contributed by atoms with van der Waals surface area (Å²) in [5.74, 6) is 2.49. The summed E-state index contributed by atoms with van der Waals surface area (Å²) in [4.78, 5) is 22.4. The lowest BCUT2D eigenvalue weighted by atomic mass is 10.2. The summed E-state index contributed by atoms with van der Waals surface area (Å²) < 4.78 is 5.42. The standard InChI is InChI=1S/C21H22N8O/c22-20-16-5-1-2-6-17(16)24-18(25-20)13-28-8-10-29(11-9-28)14-19-26-21(27-30-19)15-4-3-7-23-12-15/h1-7,12H,8-11,13-14H2,(H2,22,24,25). The van der Waals surface area contributed by atoms with Gasteiger partial charge in [-0.3, -0.25) is 14.8 Å². The molecule has 4 aromatic rings. The third-order valence-corrected chi connectivity index (χ3v) is 5.26. The van der Waals surface area contributed by atoms with Crippen LogP contribution in [0.25, 0.3) is 22.3 Å². The third kappa shape index (κ3) is 3.98. The highest BCUT2D eigenvalue weighted by atomic mass is 16.5. The topological polar surface area (TPSA) is 110 Å². The second kappa shape index (κ2) is 8.13. The van der Waals surface area contributed by atoms with Gasteiger partial charge in [0.1, 0.15) is 11.6 Å². The van der Waals surface area contributed by atoms with Crippen LogP contribution in [0.2, 0.25) is 0 Å². The van der Waals surface area contributed by atoms with Crippen LogP contribution in [-0.2, 0) is 13.1 Å². The van der Waals surface area contributed by atoms with Gasteiger partial charge in [-0.05, 0) is 24.3 Å². The van der Waals surface area contributed by atoms with Crippen LogP contribution in [0.15, 0.2) is 53.3 Å². The fourth-order valence-electron chi connectivity index (χ4n) is 3.65. The Balaban J connectivity index is 1.18. The molecule has 9 nitrogen and oxygen atoms in total. The smallest absolute Gasteiger partial charge is 0.241 e. The SMILES string of the molecule is Nc1nc(CN2CCN(Cc3nc(-c4cccnc4)no3)CC2)nc2ccccc12. The van der Waals surface area contributed by atoms with E-state index in [1.807, 2.05) is 36.4 Å². The molecule has 30 heavy (non-hydrogen) atoms. The number of aromatic nitrogens is 5. The summed E-state index contributed by atoms with van der Waals surface area (Å²) >= 11 is 0. The van der Waals surface area contributed by atoms with E-state index in [-0.39, 0.29) is 0 Å². The molecule has 1 aromatic carbocycles. The molecule has 152 valence electrons. The molecule has 0 saturated carbocycles. The molecule has 0 bridgehead atoms. The Bertz CT molecular complexity index is 1140. The van der Waals surface area contributed by atoms with Gasteiger partial charge in [-0.1, -0.05) is 17.3 Å². The number of para-hydroxylation sites is 1. The van der Waals surface area contributed by atoms with Gasteiger partial charge >= 0.3 is 0 Å². The Morgan fingerprint density at radius 1 is 0.900 bits per heavy atom. The number of piperazine rings is 1. The minimum absolute atomic E-state index is 0.537. The predicted molar refractivity (Wildman–Crippen MR) is 112 cm³/mol. The summed E-state index contributed by atoms with van der Waals surface area (Å²) in [6.07, 6.45) is 3.45. The molecule has 2 N–H and O–H groups in total. The fourth-order valence-corrected chi connectivity index (χ4v) is 3.65. The Kier molecular flexibility index (Phi) is 5.04. The highest BCUT2D eigenvalue weighted by molar-refractivity contribution is 5.87. The number of anilines is 1. The van der Waals surface area contributed by atoms with E-state index in [0.717, 1.165) is 48.5 Å². The van der Waals surface area contributed by atoms with E-state index in [1.54, 1.807) is 12.4 Å². The second-order valence-electron chi connectivity index (χ2n) is 7.35. The highest BCUT2D eigenvalue weighted by Crippen LogP contribution is 2.19. The first-order valence-corrected chi connectivity index (χ1v) is 9.93. The Morgan fingerprint density at radius 3 is 2.50 bits per heavy atom. The minimum atomic E-state index is 0.537. The summed E-state index contributed by atoms with van der Waals surface area (Å²) in [5, 5.41) is 4.96. The number of nitrogens with two attached hydrogens (primary N) is 1. The van der Waals surface area contributed by atoms with Crippen molar-refractivity contribution < 1.29 is 4.52 Å². The number of pyridine rings is 1. The van der Waals surface area contributed by atoms with Crippen LogP contribution in [0.1, 0.15) is 11.7 Å². The lowest BCUT2D eigenvalue weighted by Crippen LogP contribution is -2.45. The van der Waals surface area contributed by atoms with Crippen LogP contribution < -0.4 is 5.73 Å². The van der Waals surface area contributed by atoms with Crippen molar-refractivity contribution in [2.75, 3.05) is 31.9 Å². The van der Waals surface area contributed by atoms with Gasteiger partial charge in [0.2, 0.25) is 11.7 Å². The first kappa shape index (κ1) is 18.6. The largest absolute Gasteiger partial charge is 0.383 e. The van der Waals surface area contributed by atoms with Gasteiger partial charge in [0.25, 0.3) is 0 Å². The van der Waals surface area contributed by atoms with Gasteiger partial charge in [0.05, 0.1) is 18.6 Å². The molecule has 1 aliphatic heterocycles. The number of nitrogen functional groups attached to an aromatic ring is 1. The first-order valence-electron chi connectivity index (χ1n) is 9.93. The van der Waals surface area contributed by atoms with Crippen LogP contribution in [0.5, 0.6) is 0 Å². The number of hydrogen-bond donors (Lipinski definition) is 1. The molecular formula is C21H22N8O. The van der Waals surface area contributed by atoms with Gasteiger partial charge in [-0.2, -0.15) is 4.98 Å². The average Bonchev–Trinajstić information content (AvgIpc) is 3.24. The van der Waals surface area contributed by atoms with E-state index in [4.69, 9.17) is 10.3 Å². The molecule has 3 aromatic heterocycles. The summed E-state index contributed by atoms with van der Waals surface area (Å²) in [6, 6.07) is 11.6. The molecule has 0 atom stereocenters. The van der Waals surface area contributed by atoms with Crippen molar-refractivity contribution in [2.45, 2.75) is 13.1 Å².